The van der Waals surface area contributed by atoms with E-state index in [4.69, 9.17) is 19.7 Å². The lowest BCUT2D eigenvalue weighted by atomic mass is 10.1. The van der Waals surface area contributed by atoms with Crippen LogP contribution in [0.5, 0.6) is 0 Å². The molecule has 0 spiro atoms. The average Bonchev–Trinajstić information content (AvgIpc) is 3.49. The number of hydrogen-bond acceptors (Lipinski definition) is 5. The molecule has 3 aromatic heterocycles. The quantitative estimate of drug-likeness (QED) is 0.369. The summed E-state index contributed by atoms with van der Waals surface area (Å²) < 4.78 is 9.39. The predicted molar refractivity (Wildman–Crippen MR) is 134 cm³/mol. The minimum atomic E-state index is -0.103. The highest BCUT2D eigenvalue weighted by atomic mass is 16.5. The first kappa shape index (κ1) is 21.0. The number of aryl methyl sites for hydroxylation is 1. The second-order valence-electron chi connectivity index (χ2n) is 9.03. The van der Waals surface area contributed by atoms with Gasteiger partial charge in [-0.1, -0.05) is 37.6 Å². The maximum absolute atomic E-state index is 13.7. The maximum Gasteiger partial charge on any atom is 0.265 e. The molecule has 1 aliphatic heterocycles. The number of para-hydroxylation sites is 2. The van der Waals surface area contributed by atoms with E-state index < -0.39 is 0 Å². The number of unbranched alkanes of at least 4 members (excludes halogenated alkanes) is 1. The third kappa shape index (κ3) is 3.56. The molecule has 7 heteroatoms. The lowest BCUT2D eigenvalue weighted by molar-refractivity contribution is 0.0960. The molecule has 34 heavy (non-hydrogen) atoms. The normalized spacial score (nSPS) is 16.2. The smallest absolute Gasteiger partial charge is 0.265 e. The zero-order chi connectivity index (χ0) is 23.1. The van der Waals surface area contributed by atoms with Crippen LogP contribution in [0.2, 0.25) is 0 Å². The Morgan fingerprint density at radius 3 is 2.56 bits per heavy atom. The Balaban J connectivity index is 1.58. The first-order valence-electron chi connectivity index (χ1n) is 12.1. The second kappa shape index (κ2) is 8.65. The maximum atomic E-state index is 13.7. The Morgan fingerprint density at radius 2 is 1.82 bits per heavy atom. The zero-order valence-electron chi connectivity index (χ0n) is 19.3. The summed E-state index contributed by atoms with van der Waals surface area (Å²) >= 11 is 0. The standard InChI is InChI=1S/C27H27N5O2/c1-2-3-7-18-11-13-19(14-12-18)32-25-23(24-26(32)30-22-10-5-4-9-21(22)29-24)27(33)31(17-28-25)16-20-8-6-15-34-20/h4-5,9-14,17,20H,2-3,6-8,15-16H2,1H3. The van der Waals surface area contributed by atoms with Crippen LogP contribution in [0, 0.1) is 0 Å². The lowest BCUT2D eigenvalue weighted by Crippen LogP contribution is -2.26. The molecule has 0 bridgehead atoms. The van der Waals surface area contributed by atoms with Crippen molar-refractivity contribution in [1.82, 2.24) is 24.1 Å². The van der Waals surface area contributed by atoms with Crippen LogP contribution < -0.4 is 5.56 Å². The van der Waals surface area contributed by atoms with Crippen LogP contribution in [0.4, 0.5) is 0 Å². The third-order valence-corrected chi connectivity index (χ3v) is 6.67. The molecule has 7 nitrogen and oxygen atoms in total. The molecule has 2 aromatic carbocycles. The van der Waals surface area contributed by atoms with Gasteiger partial charge in [-0.15, -0.1) is 0 Å². The molecule has 1 saturated heterocycles. The lowest BCUT2D eigenvalue weighted by Gasteiger charge is -2.11. The van der Waals surface area contributed by atoms with Crippen molar-refractivity contribution in [3.8, 4) is 5.69 Å². The first-order chi connectivity index (χ1) is 16.7. The number of ether oxygens (including phenoxy) is 1. The molecule has 6 rings (SSSR count). The van der Waals surface area contributed by atoms with E-state index in [0.717, 1.165) is 49.0 Å². The molecule has 5 aromatic rings. The van der Waals surface area contributed by atoms with Crippen LogP contribution in [0.3, 0.4) is 0 Å². The summed E-state index contributed by atoms with van der Waals surface area (Å²) in [5, 5.41) is 0.504. The monoisotopic (exact) mass is 453 g/mol. The number of benzene rings is 2. The van der Waals surface area contributed by atoms with Gasteiger partial charge in [0.05, 0.1) is 23.7 Å². The Morgan fingerprint density at radius 1 is 1.03 bits per heavy atom. The second-order valence-corrected chi connectivity index (χ2v) is 9.03. The number of fused-ring (bicyclic) bond motifs is 4. The van der Waals surface area contributed by atoms with Crippen LogP contribution in [0.15, 0.2) is 59.7 Å². The highest BCUT2D eigenvalue weighted by molar-refractivity contribution is 6.05. The summed E-state index contributed by atoms with van der Waals surface area (Å²) in [5.41, 5.74) is 5.49. The van der Waals surface area contributed by atoms with Crippen LogP contribution in [-0.4, -0.2) is 36.8 Å². The Bertz CT molecular complexity index is 1550. The van der Waals surface area contributed by atoms with E-state index in [2.05, 4.69) is 31.2 Å². The molecule has 1 unspecified atom stereocenters. The zero-order valence-corrected chi connectivity index (χ0v) is 19.3. The van der Waals surface area contributed by atoms with Gasteiger partial charge in [-0.3, -0.25) is 13.9 Å². The van der Waals surface area contributed by atoms with Crippen LogP contribution in [0.1, 0.15) is 38.2 Å². The molecule has 172 valence electrons. The summed E-state index contributed by atoms with van der Waals surface area (Å²) in [4.78, 5) is 28.2. The van der Waals surface area contributed by atoms with Crippen molar-refractivity contribution in [2.75, 3.05) is 6.61 Å². The van der Waals surface area contributed by atoms with E-state index in [0.29, 0.717) is 28.7 Å². The third-order valence-electron chi connectivity index (χ3n) is 6.67. The molecule has 1 fully saturated rings. The van der Waals surface area contributed by atoms with Crippen LogP contribution >= 0.6 is 0 Å². The Hall–Kier alpha value is -3.58. The molecule has 0 saturated carbocycles. The van der Waals surface area contributed by atoms with Crippen molar-refractivity contribution in [2.45, 2.75) is 51.7 Å². The highest BCUT2D eigenvalue weighted by Gasteiger charge is 2.23. The molecule has 1 aliphatic rings. The molecule has 0 amide bonds. The largest absolute Gasteiger partial charge is 0.376 e. The van der Waals surface area contributed by atoms with Gasteiger partial charge < -0.3 is 4.74 Å². The Kier molecular flexibility index (Phi) is 5.34. The molecular formula is C27H27N5O2. The van der Waals surface area contributed by atoms with Gasteiger partial charge in [0.2, 0.25) is 0 Å². The summed E-state index contributed by atoms with van der Waals surface area (Å²) in [6.07, 6.45) is 7.06. The van der Waals surface area contributed by atoms with E-state index in [1.54, 1.807) is 10.9 Å². The summed E-state index contributed by atoms with van der Waals surface area (Å²) in [6.45, 7) is 3.45. The number of rotatable bonds is 6. The van der Waals surface area contributed by atoms with Gasteiger partial charge in [0.25, 0.3) is 5.56 Å². The van der Waals surface area contributed by atoms with Crippen molar-refractivity contribution in [1.29, 1.82) is 0 Å². The first-order valence-corrected chi connectivity index (χ1v) is 12.1. The minimum Gasteiger partial charge on any atom is -0.376 e. The van der Waals surface area contributed by atoms with Crippen molar-refractivity contribution in [3.63, 3.8) is 0 Å². The highest BCUT2D eigenvalue weighted by Crippen LogP contribution is 2.28. The van der Waals surface area contributed by atoms with Gasteiger partial charge >= 0.3 is 0 Å². The SMILES string of the molecule is CCCCc1ccc(-n2c3nc4ccccc4nc3c3c(=O)n(CC4CCCO4)cnc32)cc1. The van der Waals surface area contributed by atoms with E-state index in [9.17, 15) is 4.79 Å². The van der Waals surface area contributed by atoms with Crippen molar-refractivity contribution in [2.24, 2.45) is 0 Å². The van der Waals surface area contributed by atoms with E-state index in [1.807, 2.05) is 28.8 Å². The fourth-order valence-electron chi connectivity index (χ4n) is 4.85. The van der Waals surface area contributed by atoms with Gasteiger partial charge in [0.1, 0.15) is 17.2 Å². The summed E-state index contributed by atoms with van der Waals surface area (Å²) in [6, 6.07) is 16.2. The van der Waals surface area contributed by atoms with Gasteiger partial charge in [-0.05, 0) is 55.5 Å². The van der Waals surface area contributed by atoms with Crippen molar-refractivity contribution < 1.29 is 4.74 Å². The molecule has 0 aliphatic carbocycles. The number of hydrogen-bond donors (Lipinski definition) is 0. The number of aromatic nitrogens is 5. The topological polar surface area (TPSA) is 74.8 Å². The van der Waals surface area contributed by atoms with Crippen molar-refractivity contribution >= 4 is 33.2 Å². The Labute approximate surface area is 197 Å². The van der Waals surface area contributed by atoms with E-state index >= 15 is 0 Å². The van der Waals surface area contributed by atoms with Crippen LogP contribution in [-0.2, 0) is 17.7 Å². The van der Waals surface area contributed by atoms with Gasteiger partial charge in [0, 0.05) is 12.3 Å². The molecule has 0 N–H and O–H groups in total. The molecule has 0 radical (unpaired) electrons. The number of nitrogens with zero attached hydrogens (tertiary/aromatic N) is 5. The summed E-state index contributed by atoms with van der Waals surface area (Å²) in [5.74, 6) is 0. The predicted octanol–water partition coefficient (Wildman–Crippen LogP) is 4.81. The summed E-state index contributed by atoms with van der Waals surface area (Å²) in [7, 11) is 0. The molecular weight excluding hydrogens is 426 g/mol. The van der Waals surface area contributed by atoms with Gasteiger partial charge in [-0.2, -0.15) is 0 Å². The molecule has 4 heterocycles. The van der Waals surface area contributed by atoms with Crippen molar-refractivity contribution in [3.05, 3.63) is 70.8 Å². The van der Waals surface area contributed by atoms with E-state index in [1.165, 1.54) is 12.0 Å². The van der Waals surface area contributed by atoms with Gasteiger partial charge in [-0.25, -0.2) is 15.0 Å². The van der Waals surface area contributed by atoms with Gasteiger partial charge in [0.15, 0.2) is 11.3 Å². The average molecular weight is 454 g/mol. The van der Waals surface area contributed by atoms with E-state index in [-0.39, 0.29) is 11.7 Å². The van der Waals surface area contributed by atoms with Crippen LogP contribution in [0.25, 0.3) is 38.9 Å². The fourth-order valence-corrected chi connectivity index (χ4v) is 4.85. The minimum absolute atomic E-state index is 0.0490. The fraction of sp³-hybridized carbons (Fsp3) is 0.333. The molecule has 1 atom stereocenters.